The van der Waals surface area contributed by atoms with Crippen molar-refractivity contribution in [1.82, 2.24) is 0 Å². The van der Waals surface area contributed by atoms with Gasteiger partial charge in [-0.05, 0) is 30.2 Å². The standard InChI is InChI=1S/C11H16BrNO/c1-3-4-11(13)8-5-9(12)7-10(6-8)14-2/h5-7,11H,3-4,13H2,1-2H3/t11-/m1/s1. The Labute approximate surface area is 93.6 Å². The van der Waals surface area contributed by atoms with Crippen LogP contribution in [-0.2, 0) is 0 Å². The fraction of sp³-hybridized carbons (Fsp3) is 0.455. The molecule has 0 amide bonds. The molecule has 78 valence electrons. The van der Waals surface area contributed by atoms with Crippen LogP contribution in [0.2, 0.25) is 0 Å². The molecule has 0 aromatic heterocycles. The van der Waals surface area contributed by atoms with E-state index in [1.54, 1.807) is 7.11 Å². The Bertz CT molecular complexity index is 301. The molecule has 0 fully saturated rings. The van der Waals surface area contributed by atoms with Gasteiger partial charge in [0, 0.05) is 10.5 Å². The van der Waals surface area contributed by atoms with Crippen molar-refractivity contribution in [2.75, 3.05) is 7.11 Å². The lowest BCUT2D eigenvalue weighted by Crippen LogP contribution is -2.09. The molecule has 0 aliphatic rings. The molecule has 0 saturated carbocycles. The first-order valence-corrected chi connectivity index (χ1v) is 5.56. The summed E-state index contributed by atoms with van der Waals surface area (Å²) in [5, 5.41) is 0. The second-order valence-electron chi connectivity index (χ2n) is 3.32. The number of benzene rings is 1. The summed E-state index contributed by atoms with van der Waals surface area (Å²) in [6, 6.07) is 6.07. The first-order chi connectivity index (χ1) is 6.67. The van der Waals surface area contributed by atoms with Crippen molar-refractivity contribution >= 4 is 15.9 Å². The van der Waals surface area contributed by atoms with Crippen molar-refractivity contribution in [1.29, 1.82) is 0 Å². The highest BCUT2D eigenvalue weighted by Crippen LogP contribution is 2.26. The van der Waals surface area contributed by atoms with Gasteiger partial charge in [0.1, 0.15) is 5.75 Å². The van der Waals surface area contributed by atoms with E-state index in [1.807, 2.05) is 18.2 Å². The minimum absolute atomic E-state index is 0.103. The van der Waals surface area contributed by atoms with Crippen LogP contribution in [0.5, 0.6) is 5.75 Å². The zero-order valence-corrected chi connectivity index (χ0v) is 10.2. The number of halogens is 1. The molecule has 0 bridgehead atoms. The Kier molecular flexibility index (Phi) is 4.42. The average molecular weight is 258 g/mol. The van der Waals surface area contributed by atoms with Gasteiger partial charge in [0.15, 0.2) is 0 Å². The lowest BCUT2D eigenvalue weighted by Gasteiger charge is -2.12. The molecule has 0 radical (unpaired) electrons. The summed E-state index contributed by atoms with van der Waals surface area (Å²) in [4.78, 5) is 0. The third kappa shape index (κ3) is 3.00. The van der Waals surface area contributed by atoms with Crippen LogP contribution < -0.4 is 10.5 Å². The van der Waals surface area contributed by atoms with E-state index < -0.39 is 0 Å². The number of ether oxygens (including phenoxy) is 1. The molecule has 1 aromatic carbocycles. The topological polar surface area (TPSA) is 35.2 Å². The van der Waals surface area contributed by atoms with Crippen molar-refractivity contribution in [3.8, 4) is 5.75 Å². The van der Waals surface area contributed by atoms with E-state index in [0.29, 0.717) is 0 Å². The van der Waals surface area contributed by atoms with Crippen LogP contribution in [0.3, 0.4) is 0 Å². The second kappa shape index (κ2) is 5.37. The summed E-state index contributed by atoms with van der Waals surface area (Å²) in [7, 11) is 1.66. The summed E-state index contributed by atoms with van der Waals surface area (Å²) in [6.07, 6.45) is 2.09. The molecule has 14 heavy (non-hydrogen) atoms. The number of methoxy groups -OCH3 is 1. The maximum Gasteiger partial charge on any atom is 0.120 e. The van der Waals surface area contributed by atoms with Gasteiger partial charge in [0.25, 0.3) is 0 Å². The minimum Gasteiger partial charge on any atom is -0.497 e. The Morgan fingerprint density at radius 2 is 2.14 bits per heavy atom. The van der Waals surface area contributed by atoms with Crippen LogP contribution >= 0.6 is 15.9 Å². The van der Waals surface area contributed by atoms with Gasteiger partial charge in [-0.15, -0.1) is 0 Å². The van der Waals surface area contributed by atoms with Crippen LogP contribution in [0.1, 0.15) is 31.4 Å². The highest BCUT2D eigenvalue weighted by atomic mass is 79.9. The van der Waals surface area contributed by atoms with Gasteiger partial charge in [-0.2, -0.15) is 0 Å². The van der Waals surface area contributed by atoms with Gasteiger partial charge in [-0.3, -0.25) is 0 Å². The predicted octanol–water partition coefficient (Wildman–Crippen LogP) is 3.26. The first kappa shape index (κ1) is 11.5. The summed E-state index contributed by atoms with van der Waals surface area (Å²) >= 11 is 3.44. The number of hydrogen-bond acceptors (Lipinski definition) is 2. The molecule has 1 aromatic rings. The molecule has 1 atom stereocenters. The second-order valence-corrected chi connectivity index (χ2v) is 4.24. The molecule has 2 nitrogen and oxygen atoms in total. The summed E-state index contributed by atoms with van der Waals surface area (Å²) in [6.45, 7) is 2.13. The van der Waals surface area contributed by atoms with Gasteiger partial charge in [0.2, 0.25) is 0 Å². The van der Waals surface area contributed by atoms with Gasteiger partial charge >= 0.3 is 0 Å². The molecule has 3 heteroatoms. The quantitative estimate of drug-likeness (QED) is 0.899. The number of rotatable bonds is 4. The molecule has 0 unspecified atom stereocenters. The highest BCUT2D eigenvalue weighted by molar-refractivity contribution is 9.10. The molecule has 0 aliphatic heterocycles. The fourth-order valence-corrected chi connectivity index (χ4v) is 1.88. The summed E-state index contributed by atoms with van der Waals surface area (Å²) in [5.41, 5.74) is 7.14. The molecule has 1 rings (SSSR count). The molecule has 0 spiro atoms. The van der Waals surface area contributed by atoms with E-state index in [4.69, 9.17) is 10.5 Å². The summed E-state index contributed by atoms with van der Waals surface area (Å²) in [5.74, 6) is 0.848. The Balaban J connectivity index is 2.90. The lowest BCUT2D eigenvalue weighted by atomic mass is 10.0. The fourth-order valence-electron chi connectivity index (χ4n) is 1.39. The van der Waals surface area contributed by atoms with Crippen molar-refractivity contribution in [2.24, 2.45) is 5.73 Å². The van der Waals surface area contributed by atoms with Gasteiger partial charge in [-0.1, -0.05) is 29.3 Å². The molecule has 2 N–H and O–H groups in total. The molecular formula is C11H16BrNO. The minimum atomic E-state index is 0.103. The van der Waals surface area contributed by atoms with Gasteiger partial charge in [-0.25, -0.2) is 0 Å². The maximum atomic E-state index is 6.02. The molecule has 0 heterocycles. The van der Waals surface area contributed by atoms with Crippen molar-refractivity contribution < 1.29 is 4.74 Å². The first-order valence-electron chi connectivity index (χ1n) is 4.77. The van der Waals surface area contributed by atoms with Crippen LogP contribution in [0.15, 0.2) is 22.7 Å². The molecule has 0 aliphatic carbocycles. The largest absolute Gasteiger partial charge is 0.497 e. The molecule has 0 saturated heterocycles. The Hall–Kier alpha value is -0.540. The van der Waals surface area contributed by atoms with Crippen molar-refractivity contribution in [2.45, 2.75) is 25.8 Å². The van der Waals surface area contributed by atoms with Crippen LogP contribution in [-0.4, -0.2) is 7.11 Å². The monoisotopic (exact) mass is 257 g/mol. The summed E-state index contributed by atoms with van der Waals surface area (Å²) < 4.78 is 6.19. The lowest BCUT2D eigenvalue weighted by molar-refractivity contribution is 0.413. The van der Waals surface area contributed by atoms with E-state index >= 15 is 0 Å². The van der Waals surface area contributed by atoms with E-state index in [-0.39, 0.29) is 6.04 Å². The smallest absolute Gasteiger partial charge is 0.120 e. The van der Waals surface area contributed by atoms with Crippen molar-refractivity contribution in [3.63, 3.8) is 0 Å². The van der Waals surface area contributed by atoms with E-state index in [1.165, 1.54) is 0 Å². The number of nitrogens with two attached hydrogens (primary N) is 1. The molecular weight excluding hydrogens is 242 g/mol. The van der Waals surface area contributed by atoms with Crippen LogP contribution in [0.25, 0.3) is 0 Å². The maximum absolute atomic E-state index is 6.02. The van der Waals surface area contributed by atoms with Gasteiger partial charge < -0.3 is 10.5 Å². The van der Waals surface area contributed by atoms with E-state index in [0.717, 1.165) is 28.6 Å². The van der Waals surface area contributed by atoms with Crippen LogP contribution in [0.4, 0.5) is 0 Å². The SMILES string of the molecule is CCC[C@@H](N)c1cc(Br)cc(OC)c1. The third-order valence-electron chi connectivity index (χ3n) is 2.16. The Morgan fingerprint density at radius 3 is 2.71 bits per heavy atom. The van der Waals surface area contributed by atoms with E-state index in [2.05, 4.69) is 22.9 Å². The van der Waals surface area contributed by atoms with Gasteiger partial charge in [0.05, 0.1) is 7.11 Å². The highest BCUT2D eigenvalue weighted by Gasteiger charge is 2.07. The zero-order chi connectivity index (χ0) is 10.6. The van der Waals surface area contributed by atoms with Crippen LogP contribution in [0, 0.1) is 0 Å². The zero-order valence-electron chi connectivity index (χ0n) is 8.59. The number of hydrogen-bond donors (Lipinski definition) is 1. The normalized spacial score (nSPS) is 12.6. The Morgan fingerprint density at radius 1 is 1.43 bits per heavy atom. The predicted molar refractivity (Wildman–Crippen MR) is 62.5 cm³/mol. The third-order valence-corrected chi connectivity index (χ3v) is 2.61. The average Bonchev–Trinajstić information content (AvgIpc) is 2.17. The van der Waals surface area contributed by atoms with E-state index in [9.17, 15) is 0 Å². The van der Waals surface area contributed by atoms with Crippen molar-refractivity contribution in [3.05, 3.63) is 28.2 Å².